The third kappa shape index (κ3) is 4.24. The summed E-state index contributed by atoms with van der Waals surface area (Å²) in [5, 5.41) is 4.82. The van der Waals surface area contributed by atoms with Crippen LogP contribution in [0.1, 0.15) is 28.1 Å². The summed E-state index contributed by atoms with van der Waals surface area (Å²) < 4.78 is 14.7. The number of rotatable bonds is 6. The maximum Gasteiger partial charge on any atom is 0.267 e. The van der Waals surface area contributed by atoms with Gasteiger partial charge in [0.15, 0.2) is 11.4 Å². The second kappa shape index (κ2) is 9.34. The molecule has 0 N–H and O–H groups in total. The third-order valence-electron chi connectivity index (χ3n) is 6.29. The van der Waals surface area contributed by atoms with Crippen LogP contribution in [0, 0.1) is 27.7 Å². The lowest BCUT2D eigenvalue weighted by Crippen LogP contribution is -2.19. The summed E-state index contributed by atoms with van der Waals surface area (Å²) in [5.74, 6) is 1.33. The molecule has 0 saturated heterocycles. The van der Waals surface area contributed by atoms with Crippen LogP contribution in [-0.2, 0) is 6.61 Å². The van der Waals surface area contributed by atoms with Crippen LogP contribution >= 0.6 is 0 Å². The molecule has 0 fully saturated rings. The molecule has 3 aromatic heterocycles. The monoisotopic (exact) mass is 480 g/mol. The SMILES string of the molecule is COc1ccc(COc2cccn3c(=O)c(-c4cc(C)n(-c5cc(C)ccc5C)n4)c(C)nc23)cc1. The number of pyridine rings is 1. The molecule has 0 bridgehead atoms. The van der Waals surface area contributed by atoms with E-state index in [0.717, 1.165) is 33.8 Å². The molecule has 0 spiro atoms. The molecule has 0 amide bonds. The van der Waals surface area contributed by atoms with E-state index >= 15 is 0 Å². The molecular formula is C29H28N4O3. The molecule has 0 aliphatic rings. The van der Waals surface area contributed by atoms with Gasteiger partial charge in [-0.3, -0.25) is 9.20 Å². The van der Waals surface area contributed by atoms with Gasteiger partial charge in [0.1, 0.15) is 18.1 Å². The van der Waals surface area contributed by atoms with Crippen molar-refractivity contribution in [3.63, 3.8) is 0 Å². The van der Waals surface area contributed by atoms with E-state index in [1.54, 1.807) is 19.4 Å². The quantitative estimate of drug-likeness (QED) is 0.327. The number of hydrogen-bond acceptors (Lipinski definition) is 5. The summed E-state index contributed by atoms with van der Waals surface area (Å²) in [6, 6.07) is 19.5. The van der Waals surface area contributed by atoms with E-state index in [1.165, 1.54) is 4.40 Å². The van der Waals surface area contributed by atoms with E-state index < -0.39 is 0 Å². The zero-order chi connectivity index (χ0) is 25.4. The highest BCUT2D eigenvalue weighted by molar-refractivity contribution is 5.66. The highest BCUT2D eigenvalue weighted by Gasteiger charge is 2.19. The second-order valence-corrected chi connectivity index (χ2v) is 8.95. The van der Waals surface area contributed by atoms with Crippen molar-refractivity contribution < 1.29 is 9.47 Å². The van der Waals surface area contributed by atoms with E-state index in [1.807, 2.05) is 54.9 Å². The fraction of sp³-hybridized carbons (Fsp3) is 0.207. The van der Waals surface area contributed by atoms with Gasteiger partial charge in [-0.2, -0.15) is 5.10 Å². The first-order valence-electron chi connectivity index (χ1n) is 11.8. The molecule has 7 nitrogen and oxygen atoms in total. The smallest absolute Gasteiger partial charge is 0.267 e. The number of aryl methyl sites for hydroxylation is 4. The maximum atomic E-state index is 13.6. The predicted octanol–water partition coefficient (Wildman–Crippen LogP) is 5.37. The zero-order valence-corrected chi connectivity index (χ0v) is 21.1. The Morgan fingerprint density at radius 1 is 0.944 bits per heavy atom. The summed E-state index contributed by atoms with van der Waals surface area (Å²) >= 11 is 0. The van der Waals surface area contributed by atoms with Gasteiger partial charge in [-0.15, -0.1) is 0 Å². The average Bonchev–Trinajstić information content (AvgIpc) is 3.25. The molecule has 5 aromatic rings. The standard InChI is InChI=1S/C29H28N4O3/c1-18-8-9-19(2)25(15-18)33-20(3)16-24(31-33)27-21(4)30-28-26(7-6-14-32(28)29(27)34)36-17-22-10-12-23(35-5)13-11-22/h6-16H,17H2,1-5H3. The molecule has 0 atom stereocenters. The lowest BCUT2D eigenvalue weighted by atomic mass is 10.1. The number of fused-ring (bicyclic) bond motifs is 1. The van der Waals surface area contributed by atoms with Crippen LogP contribution in [0.3, 0.4) is 0 Å². The normalized spacial score (nSPS) is 11.1. The van der Waals surface area contributed by atoms with Gasteiger partial charge in [0, 0.05) is 11.9 Å². The van der Waals surface area contributed by atoms with Crippen LogP contribution in [0.5, 0.6) is 11.5 Å². The Balaban J connectivity index is 1.53. The van der Waals surface area contributed by atoms with Gasteiger partial charge in [0.25, 0.3) is 5.56 Å². The molecule has 0 radical (unpaired) electrons. The number of hydrogen-bond donors (Lipinski definition) is 0. The van der Waals surface area contributed by atoms with Gasteiger partial charge in [-0.1, -0.05) is 24.3 Å². The Hall–Kier alpha value is -4.39. The van der Waals surface area contributed by atoms with Crippen molar-refractivity contribution in [3.8, 4) is 28.4 Å². The number of aromatic nitrogens is 4. The minimum Gasteiger partial charge on any atom is -0.497 e. The second-order valence-electron chi connectivity index (χ2n) is 8.95. The lowest BCUT2D eigenvalue weighted by Gasteiger charge is -2.12. The largest absolute Gasteiger partial charge is 0.497 e. The Morgan fingerprint density at radius 2 is 1.72 bits per heavy atom. The van der Waals surface area contributed by atoms with Gasteiger partial charge in [0.05, 0.1) is 24.1 Å². The summed E-state index contributed by atoms with van der Waals surface area (Å²) in [4.78, 5) is 18.4. The summed E-state index contributed by atoms with van der Waals surface area (Å²) in [6.07, 6.45) is 1.71. The van der Waals surface area contributed by atoms with Crippen molar-refractivity contribution in [3.05, 3.63) is 105 Å². The summed E-state index contributed by atoms with van der Waals surface area (Å²) in [7, 11) is 1.64. The first-order valence-corrected chi connectivity index (χ1v) is 11.8. The topological polar surface area (TPSA) is 70.7 Å². The number of nitrogens with zero attached hydrogens (tertiary/aromatic N) is 4. The van der Waals surface area contributed by atoms with E-state index in [4.69, 9.17) is 19.6 Å². The fourth-order valence-corrected chi connectivity index (χ4v) is 4.32. The fourth-order valence-electron chi connectivity index (χ4n) is 4.32. The lowest BCUT2D eigenvalue weighted by molar-refractivity contribution is 0.307. The van der Waals surface area contributed by atoms with E-state index in [-0.39, 0.29) is 5.56 Å². The van der Waals surface area contributed by atoms with Crippen molar-refractivity contribution in [2.24, 2.45) is 0 Å². The van der Waals surface area contributed by atoms with Crippen molar-refractivity contribution in [1.29, 1.82) is 0 Å². The van der Waals surface area contributed by atoms with Gasteiger partial charge in [-0.25, -0.2) is 9.67 Å². The molecule has 3 heterocycles. The van der Waals surface area contributed by atoms with Gasteiger partial charge in [-0.05, 0) is 80.8 Å². The van der Waals surface area contributed by atoms with Gasteiger partial charge >= 0.3 is 0 Å². The first kappa shape index (κ1) is 23.4. The molecular weight excluding hydrogens is 452 g/mol. The minimum atomic E-state index is -0.182. The molecule has 0 unspecified atom stereocenters. The van der Waals surface area contributed by atoms with Crippen LogP contribution in [0.4, 0.5) is 0 Å². The van der Waals surface area contributed by atoms with Gasteiger partial charge in [0.2, 0.25) is 0 Å². The Kier molecular flexibility index (Phi) is 6.06. The highest BCUT2D eigenvalue weighted by atomic mass is 16.5. The molecule has 182 valence electrons. The number of ether oxygens (including phenoxy) is 2. The van der Waals surface area contributed by atoms with Crippen molar-refractivity contribution in [2.75, 3.05) is 7.11 Å². The Morgan fingerprint density at radius 3 is 2.47 bits per heavy atom. The van der Waals surface area contributed by atoms with E-state index in [0.29, 0.717) is 35.0 Å². The maximum absolute atomic E-state index is 13.6. The van der Waals surface area contributed by atoms with Crippen LogP contribution in [0.25, 0.3) is 22.6 Å². The molecule has 36 heavy (non-hydrogen) atoms. The van der Waals surface area contributed by atoms with Crippen molar-refractivity contribution >= 4 is 5.65 Å². The van der Waals surface area contributed by atoms with Crippen molar-refractivity contribution in [1.82, 2.24) is 19.2 Å². The predicted molar refractivity (Wildman–Crippen MR) is 140 cm³/mol. The van der Waals surface area contributed by atoms with Crippen LogP contribution in [-0.4, -0.2) is 26.3 Å². The van der Waals surface area contributed by atoms with Crippen LogP contribution < -0.4 is 15.0 Å². The van der Waals surface area contributed by atoms with Crippen LogP contribution in [0.2, 0.25) is 0 Å². The molecule has 0 aliphatic carbocycles. The summed E-state index contributed by atoms with van der Waals surface area (Å²) in [6.45, 7) is 8.29. The van der Waals surface area contributed by atoms with E-state index in [9.17, 15) is 4.79 Å². The minimum absolute atomic E-state index is 0.182. The molecule has 0 saturated carbocycles. The Labute approximate surface area is 209 Å². The highest BCUT2D eigenvalue weighted by Crippen LogP contribution is 2.26. The zero-order valence-electron chi connectivity index (χ0n) is 21.1. The molecule has 5 rings (SSSR count). The van der Waals surface area contributed by atoms with Crippen LogP contribution in [0.15, 0.2) is 71.7 Å². The molecule has 2 aromatic carbocycles. The third-order valence-corrected chi connectivity index (χ3v) is 6.29. The number of benzene rings is 2. The van der Waals surface area contributed by atoms with Gasteiger partial charge < -0.3 is 9.47 Å². The summed E-state index contributed by atoms with van der Waals surface area (Å²) in [5.41, 5.74) is 7.17. The Bertz CT molecular complexity index is 1630. The van der Waals surface area contributed by atoms with E-state index in [2.05, 4.69) is 32.0 Å². The number of methoxy groups -OCH3 is 1. The molecule has 7 heteroatoms. The first-order chi connectivity index (χ1) is 17.4. The molecule has 0 aliphatic heterocycles. The van der Waals surface area contributed by atoms with Crippen molar-refractivity contribution in [2.45, 2.75) is 34.3 Å². The average molecular weight is 481 g/mol.